The van der Waals surface area contributed by atoms with Gasteiger partial charge in [-0.15, -0.1) is 0 Å². The fourth-order valence-electron chi connectivity index (χ4n) is 2.32. The Labute approximate surface area is 106 Å². The van der Waals surface area contributed by atoms with E-state index in [9.17, 15) is 0 Å². The van der Waals surface area contributed by atoms with Crippen molar-refractivity contribution < 1.29 is 0 Å². The lowest BCUT2D eigenvalue weighted by Gasteiger charge is -2.36. The van der Waals surface area contributed by atoms with Crippen LogP contribution in [0.4, 0.5) is 0 Å². The molecule has 0 aliphatic carbocycles. The Morgan fingerprint density at radius 1 is 1.44 bits per heavy atom. The summed E-state index contributed by atoms with van der Waals surface area (Å²) in [6.45, 7) is 3.21. The van der Waals surface area contributed by atoms with Crippen molar-refractivity contribution in [3.8, 4) is 0 Å². The largest absolute Gasteiger partial charge is 0.328 e. The Morgan fingerprint density at radius 3 is 2.88 bits per heavy atom. The predicted molar refractivity (Wildman–Crippen MR) is 71.5 cm³/mol. The van der Waals surface area contributed by atoms with Crippen molar-refractivity contribution >= 4 is 15.9 Å². The van der Waals surface area contributed by atoms with E-state index in [2.05, 4.69) is 53.0 Å². The van der Waals surface area contributed by atoms with Gasteiger partial charge in [0.25, 0.3) is 0 Å². The van der Waals surface area contributed by atoms with Crippen molar-refractivity contribution in [2.75, 3.05) is 13.6 Å². The molecule has 2 nitrogen and oxygen atoms in total. The molecule has 2 rings (SSSR count). The molecule has 1 aliphatic rings. The highest BCUT2D eigenvalue weighted by molar-refractivity contribution is 9.10. The van der Waals surface area contributed by atoms with Crippen LogP contribution < -0.4 is 5.73 Å². The van der Waals surface area contributed by atoms with Crippen LogP contribution in [0.2, 0.25) is 0 Å². The summed E-state index contributed by atoms with van der Waals surface area (Å²) in [5.41, 5.74) is 8.71. The Kier molecular flexibility index (Phi) is 3.67. The molecule has 2 atom stereocenters. The number of aryl methyl sites for hydroxylation is 1. The number of benzene rings is 1. The Hall–Kier alpha value is -0.380. The highest BCUT2D eigenvalue weighted by atomic mass is 79.9. The SMILES string of the molecule is Cc1ccc(C2CC(N)CCN2C)cc1Br. The number of hydrogen-bond acceptors (Lipinski definition) is 2. The van der Waals surface area contributed by atoms with Gasteiger partial charge in [-0.3, -0.25) is 4.90 Å². The third-order valence-corrected chi connectivity index (χ3v) is 4.35. The summed E-state index contributed by atoms with van der Waals surface area (Å²) in [4.78, 5) is 2.40. The number of hydrogen-bond donors (Lipinski definition) is 1. The Balaban J connectivity index is 2.24. The first kappa shape index (κ1) is 12.1. The van der Waals surface area contributed by atoms with Gasteiger partial charge in [-0.05, 0) is 50.6 Å². The molecule has 1 aromatic rings. The first-order valence-electron chi connectivity index (χ1n) is 5.80. The van der Waals surface area contributed by atoms with Gasteiger partial charge in [-0.2, -0.15) is 0 Å². The van der Waals surface area contributed by atoms with Gasteiger partial charge in [0.05, 0.1) is 0 Å². The molecule has 1 aromatic carbocycles. The minimum absolute atomic E-state index is 0.348. The molecular weight excluding hydrogens is 264 g/mol. The zero-order valence-electron chi connectivity index (χ0n) is 9.91. The highest BCUT2D eigenvalue weighted by Crippen LogP contribution is 2.31. The van der Waals surface area contributed by atoms with Crippen LogP contribution in [0.5, 0.6) is 0 Å². The molecule has 0 saturated carbocycles. The van der Waals surface area contributed by atoms with Crippen molar-refractivity contribution in [1.82, 2.24) is 4.90 Å². The van der Waals surface area contributed by atoms with E-state index < -0.39 is 0 Å². The second-order valence-corrected chi connectivity index (χ2v) is 5.64. The van der Waals surface area contributed by atoms with Crippen LogP contribution in [-0.2, 0) is 0 Å². The molecular formula is C13H19BrN2. The van der Waals surface area contributed by atoms with Crippen LogP contribution in [-0.4, -0.2) is 24.5 Å². The minimum Gasteiger partial charge on any atom is -0.328 e. The smallest absolute Gasteiger partial charge is 0.0360 e. The summed E-state index contributed by atoms with van der Waals surface area (Å²) >= 11 is 3.60. The van der Waals surface area contributed by atoms with Crippen molar-refractivity contribution in [2.24, 2.45) is 5.73 Å². The van der Waals surface area contributed by atoms with Gasteiger partial charge in [-0.1, -0.05) is 28.1 Å². The minimum atomic E-state index is 0.348. The van der Waals surface area contributed by atoms with Gasteiger partial charge in [0.2, 0.25) is 0 Å². The van der Waals surface area contributed by atoms with Gasteiger partial charge in [-0.25, -0.2) is 0 Å². The maximum Gasteiger partial charge on any atom is 0.0360 e. The summed E-state index contributed by atoms with van der Waals surface area (Å²) in [5.74, 6) is 0. The molecule has 2 unspecified atom stereocenters. The van der Waals surface area contributed by atoms with Crippen LogP contribution in [0, 0.1) is 6.92 Å². The number of piperidine rings is 1. The van der Waals surface area contributed by atoms with Crippen LogP contribution in [0.15, 0.2) is 22.7 Å². The zero-order valence-corrected chi connectivity index (χ0v) is 11.5. The zero-order chi connectivity index (χ0) is 11.7. The number of likely N-dealkylation sites (tertiary alicyclic amines) is 1. The topological polar surface area (TPSA) is 29.3 Å². The molecule has 1 heterocycles. The lowest BCUT2D eigenvalue weighted by atomic mass is 9.92. The summed E-state index contributed by atoms with van der Waals surface area (Å²) in [6, 6.07) is 7.45. The van der Waals surface area contributed by atoms with Crippen molar-refractivity contribution in [3.63, 3.8) is 0 Å². The van der Waals surface area contributed by atoms with Crippen molar-refractivity contribution in [1.29, 1.82) is 0 Å². The standard InChI is InChI=1S/C13H19BrN2/c1-9-3-4-10(7-12(9)14)13-8-11(15)5-6-16(13)2/h3-4,7,11,13H,5-6,8,15H2,1-2H3. The Morgan fingerprint density at radius 2 is 2.19 bits per heavy atom. The third kappa shape index (κ3) is 2.47. The maximum atomic E-state index is 6.05. The monoisotopic (exact) mass is 282 g/mol. The van der Waals surface area contributed by atoms with Gasteiger partial charge in [0.15, 0.2) is 0 Å². The van der Waals surface area contributed by atoms with Crippen LogP contribution in [0.1, 0.15) is 30.0 Å². The lowest BCUT2D eigenvalue weighted by molar-refractivity contribution is 0.171. The van der Waals surface area contributed by atoms with E-state index in [-0.39, 0.29) is 0 Å². The average Bonchev–Trinajstić information content (AvgIpc) is 2.26. The Bertz CT molecular complexity index is 378. The summed E-state index contributed by atoms with van der Waals surface area (Å²) in [5, 5.41) is 0. The molecule has 1 aliphatic heterocycles. The van der Waals surface area contributed by atoms with Gasteiger partial charge < -0.3 is 5.73 Å². The van der Waals surface area contributed by atoms with Crippen molar-refractivity contribution in [3.05, 3.63) is 33.8 Å². The van der Waals surface area contributed by atoms with E-state index in [0.717, 1.165) is 19.4 Å². The molecule has 16 heavy (non-hydrogen) atoms. The lowest BCUT2D eigenvalue weighted by Crippen LogP contribution is -2.39. The second kappa shape index (κ2) is 4.86. The van der Waals surface area contributed by atoms with Crippen LogP contribution >= 0.6 is 15.9 Å². The van der Waals surface area contributed by atoms with Crippen LogP contribution in [0.25, 0.3) is 0 Å². The predicted octanol–water partition coefficient (Wildman–Crippen LogP) is 2.85. The molecule has 3 heteroatoms. The molecule has 1 saturated heterocycles. The first-order chi connectivity index (χ1) is 7.58. The molecule has 2 N–H and O–H groups in total. The normalized spacial score (nSPS) is 27.0. The highest BCUT2D eigenvalue weighted by Gasteiger charge is 2.25. The van der Waals surface area contributed by atoms with E-state index in [1.54, 1.807) is 0 Å². The molecule has 88 valence electrons. The van der Waals surface area contributed by atoms with E-state index in [4.69, 9.17) is 5.73 Å². The maximum absolute atomic E-state index is 6.05. The summed E-state index contributed by atoms with van der Waals surface area (Å²) < 4.78 is 1.19. The molecule has 1 fully saturated rings. The number of nitrogens with zero attached hydrogens (tertiary/aromatic N) is 1. The number of halogens is 1. The average molecular weight is 283 g/mol. The van der Waals surface area contributed by atoms with E-state index in [1.165, 1.54) is 15.6 Å². The quantitative estimate of drug-likeness (QED) is 0.858. The van der Waals surface area contributed by atoms with Crippen molar-refractivity contribution in [2.45, 2.75) is 31.8 Å². The molecule has 0 spiro atoms. The molecule has 0 aromatic heterocycles. The fraction of sp³-hybridized carbons (Fsp3) is 0.538. The van der Waals surface area contributed by atoms with Gasteiger partial charge >= 0.3 is 0 Å². The van der Waals surface area contributed by atoms with Gasteiger partial charge in [0.1, 0.15) is 0 Å². The third-order valence-electron chi connectivity index (χ3n) is 3.49. The van der Waals surface area contributed by atoms with Gasteiger partial charge in [0, 0.05) is 16.6 Å². The van der Waals surface area contributed by atoms with Crippen LogP contribution in [0.3, 0.4) is 0 Å². The number of nitrogens with two attached hydrogens (primary N) is 1. The van der Waals surface area contributed by atoms with E-state index >= 15 is 0 Å². The van der Waals surface area contributed by atoms with E-state index in [0.29, 0.717) is 12.1 Å². The summed E-state index contributed by atoms with van der Waals surface area (Å²) in [6.07, 6.45) is 2.17. The fourth-order valence-corrected chi connectivity index (χ4v) is 2.71. The molecule has 0 bridgehead atoms. The summed E-state index contributed by atoms with van der Waals surface area (Å²) in [7, 11) is 2.18. The molecule has 0 radical (unpaired) electrons. The second-order valence-electron chi connectivity index (χ2n) is 4.79. The first-order valence-corrected chi connectivity index (χ1v) is 6.59. The van der Waals surface area contributed by atoms with E-state index in [1.807, 2.05) is 0 Å². The number of rotatable bonds is 1. The molecule has 0 amide bonds.